The van der Waals surface area contributed by atoms with Crippen LogP contribution in [0.4, 0.5) is 0 Å². The summed E-state index contributed by atoms with van der Waals surface area (Å²) in [5.74, 6) is 0. The van der Waals surface area contributed by atoms with Crippen molar-refractivity contribution >= 4 is 0 Å². The summed E-state index contributed by atoms with van der Waals surface area (Å²) in [5.41, 5.74) is 0. The molecule has 0 spiro atoms. The largest absolute Gasteiger partial charge is 0.372 e. The van der Waals surface area contributed by atoms with Crippen LogP contribution in [-0.4, -0.2) is 49.3 Å². The van der Waals surface area contributed by atoms with Crippen molar-refractivity contribution in [2.24, 2.45) is 0 Å². The Bertz CT molecular complexity index is 186. The second kappa shape index (κ2) is 5.28. The molecule has 3 unspecified atom stereocenters. The highest BCUT2D eigenvalue weighted by molar-refractivity contribution is 4.85. The minimum absolute atomic E-state index is 0.530. The molecule has 0 aromatic rings. The summed E-state index contributed by atoms with van der Waals surface area (Å²) in [6.07, 6.45) is 4.83. The lowest BCUT2D eigenvalue weighted by atomic mass is 10.2. The Morgan fingerprint density at radius 2 is 2.00 bits per heavy atom. The first-order chi connectivity index (χ1) is 7.28. The monoisotopic (exact) mass is 212 g/mol. The lowest BCUT2D eigenvalue weighted by Gasteiger charge is -2.33. The number of hydrogen-bond acceptors (Lipinski definition) is 3. The predicted octanol–water partition coefficient (Wildman–Crippen LogP) is 1.24. The summed E-state index contributed by atoms with van der Waals surface area (Å²) in [5, 5.41) is 3.55. The summed E-state index contributed by atoms with van der Waals surface area (Å²) < 4.78 is 5.83. The molecule has 2 heterocycles. The van der Waals surface area contributed by atoms with Crippen LogP contribution in [0, 0.1) is 0 Å². The average Bonchev–Trinajstić information content (AvgIpc) is 2.55. The van der Waals surface area contributed by atoms with E-state index >= 15 is 0 Å². The van der Waals surface area contributed by atoms with Crippen LogP contribution in [0.3, 0.4) is 0 Å². The Hall–Kier alpha value is -0.120. The molecule has 1 N–H and O–H groups in total. The Morgan fingerprint density at radius 1 is 1.33 bits per heavy atom. The maximum Gasteiger partial charge on any atom is 0.0707 e. The number of hydrogen-bond donors (Lipinski definition) is 1. The van der Waals surface area contributed by atoms with Gasteiger partial charge in [-0.25, -0.2) is 0 Å². The first kappa shape index (κ1) is 11.4. The summed E-state index contributed by atoms with van der Waals surface area (Å²) in [7, 11) is 0. The molecule has 0 radical (unpaired) electrons. The van der Waals surface area contributed by atoms with Gasteiger partial charge in [-0.05, 0) is 32.7 Å². The van der Waals surface area contributed by atoms with Gasteiger partial charge < -0.3 is 10.1 Å². The van der Waals surface area contributed by atoms with Gasteiger partial charge in [0.05, 0.1) is 12.2 Å². The first-order valence-corrected chi connectivity index (χ1v) is 6.39. The van der Waals surface area contributed by atoms with Gasteiger partial charge >= 0.3 is 0 Å². The zero-order valence-corrected chi connectivity index (χ0v) is 10.0. The SMILES string of the molecule is CCCNC(C)CN1CC2CCC(C1)O2. The smallest absolute Gasteiger partial charge is 0.0707 e. The molecule has 0 aromatic carbocycles. The van der Waals surface area contributed by atoms with E-state index in [1.807, 2.05) is 0 Å². The van der Waals surface area contributed by atoms with Gasteiger partial charge in [-0.2, -0.15) is 0 Å². The molecule has 3 nitrogen and oxygen atoms in total. The van der Waals surface area contributed by atoms with Crippen molar-refractivity contribution < 1.29 is 4.74 Å². The molecule has 15 heavy (non-hydrogen) atoms. The number of nitrogens with one attached hydrogen (secondary N) is 1. The fraction of sp³-hybridized carbons (Fsp3) is 1.00. The van der Waals surface area contributed by atoms with Crippen LogP contribution in [0.15, 0.2) is 0 Å². The zero-order valence-electron chi connectivity index (χ0n) is 10.0. The third-order valence-electron chi connectivity index (χ3n) is 3.39. The highest BCUT2D eigenvalue weighted by Gasteiger charge is 2.33. The van der Waals surface area contributed by atoms with Gasteiger partial charge in [-0.1, -0.05) is 6.92 Å². The number of ether oxygens (including phenoxy) is 1. The van der Waals surface area contributed by atoms with E-state index in [1.54, 1.807) is 0 Å². The minimum Gasteiger partial charge on any atom is -0.372 e. The van der Waals surface area contributed by atoms with Gasteiger partial charge in [0.15, 0.2) is 0 Å². The molecule has 0 aromatic heterocycles. The number of nitrogens with zero attached hydrogens (tertiary/aromatic N) is 1. The van der Waals surface area contributed by atoms with Crippen LogP contribution in [0.5, 0.6) is 0 Å². The van der Waals surface area contributed by atoms with E-state index in [9.17, 15) is 0 Å². The first-order valence-electron chi connectivity index (χ1n) is 6.39. The third kappa shape index (κ3) is 3.16. The van der Waals surface area contributed by atoms with Crippen LogP contribution >= 0.6 is 0 Å². The molecule has 0 aliphatic carbocycles. The van der Waals surface area contributed by atoms with Gasteiger partial charge in [-0.3, -0.25) is 4.90 Å². The van der Waals surface area contributed by atoms with Gasteiger partial charge in [0.25, 0.3) is 0 Å². The second-order valence-corrected chi connectivity index (χ2v) is 5.03. The van der Waals surface area contributed by atoms with Crippen LogP contribution in [0.2, 0.25) is 0 Å². The summed E-state index contributed by atoms with van der Waals surface area (Å²) in [6, 6.07) is 0.613. The van der Waals surface area contributed by atoms with Crippen LogP contribution in [0.1, 0.15) is 33.1 Å². The van der Waals surface area contributed by atoms with E-state index < -0.39 is 0 Å². The van der Waals surface area contributed by atoms with Crippen molar-refractivity contribution in [1.82, 2.24) is 10.2 Å². The molecular weight excluding hydrogens is 188 g/mol. The van der Waals surface area contributed by atoms with Gasteiger partial charge in [0, 0.05) is 25.7 Å². The normalized spacial score (nSPS) is 33.2. The summed E-state index contributed by atoms with van der Waals surface area (Å²) in [6.45, 7) is 9.11. The quantitative estimate of drug-likeness (QED) is 0.742. The third-order valence-corrected chi connectivity index (χ3v) is 3.39. The molecule has 3 atom stereocenters. The van der Waals surface area contributed by atoms with E-state index in [1.165, 1.54) is 25.8 Å². The van der Waals surface area contributed by atoms with E-state index in [-0.39, 0.29) is 0 Å². The topological polar surface area (TPSA) is 24.5 Å². The fourth-order valence-corrected chi connectivity index (χ4v) is 2.69. The Morgan fingerprint density at radius 3 is 2.60 bits per heavy atom. The fourth-order valence-electron chi connectivity index (χ4n) is 2.69. The maximum absolute atomic E-state index is 5.83. The van der Waals surface area contributed by atoms with E-state index in [4.69, 9.17) is 4.74 Å². The van der Waals surface area contributed by atoms with Crippen molar-refractivity contribution in [3.8, 4) is 0 Å². The molecule has 2 fully saturated rings. The van der Waals surface area contributed by atoms with E-state index in [0.717, 1.165) is 19.6 Å². The molecular formula is C12H24N2O. The van der Waals surface area contributed by atoms with Crippen LogP contribution < -0.4 is 5.32 Å². The zero-order chi connectivity index (χ0) is 10.7. The highest BCUT2D eigenvalue weighted by atomic mass is 16.5. The van der Waals surface area contributed by atoms with Crippen molar-refractivity contribution in [3.05, 3.63) is 0 Å². The standard InChI is InChI=1S/C12H24N2O/c1-3-6-13-10(2)7-14-8-11-4-5-12(9-14)15-11/h10-13H,3-9H2,1-2H3. The van der Waals surface area contributed by atoms with Crippen molar-refractivity contribution in [2.45, 2.75) is 51.4 Å². The predicted molar refractivity (Wildman–Crippen MR) is 62.1 cm³/mol. The molecule has 0 amide bonds. The molecule has 2 bridgehead atoms. The lowest BCUT2D eigenvalue weighted by Crippen LogP contribution is -2.48. The van der Waals surface area contributed by atoms with Crippen molar-refractivity contribution in [2.75, 3.05) is 26.2 Å². The Balaban J connectivity index is 1.70. The number of rotatable bonds is 5. The number of morpholine rings is 1. The molecule has 2 aliphatic heterocycles. The van der Waals surface area contributed by atoms with Gasteiger partial charge in [0.1, 0.15) is 0 Å². The van der Waals surface area contributed by atoms with Crippen molar-refractivity contribution in [1.29, 1.82) is 0 Å². The average molecular weight is 212 g/mol. The Labute approximate surface area is 93.2 Å². The second-order valence-electron chi connectivity index (χ2n) is 5.03. The molecule has 0 saturated carbocycles. The van der Waals surface area contributed by atoms with Gasteiger partial charge in [-0.15, -0.1) is 0 Å². The van der Waals surface area contributed by atoms with Gasteiger partial charge in [0.2, 0.25) is 0 Å². The minimum atomic E-state index is 0.530. The summed E-state index contributed by atoms with van der Waals surface area (Å²) >= 11 is 0. The molecule has 2 aliphatic rings. The molecule has 2 rings (SSSR count). The number of fused-ring (bicyclic) bond motifs is 2. The molecule has 2 saturated heterocycles. The van der Waals surface area contributed by atoms with Crippen LogP contribution in [0.25, 0.3) is 0 Å². The van der Waals surface area contributed by atoms with Crippen LogP contribution in [-0.2, 0) is 4.74 Å². The lowest BCUT2D eigenvalue weighted by molar-refractivity contribution is -0.0401. The number of likely N-dealkylation sites (tertiary alicyclic amines) is 1. The van der Waals surface area contributed by atoms with Crippen molar-refractivity contribution in [3.63, 3.8) is 0 Å². The maximum atomic E-state index is 5.83. The summed E-state index contributed by atoms with van der Waals surface area (Å²) in [4.78, 5) is 2.57. The molecule has 88 valence electrons. The van der Waals surface area contributed by atoms with E-state index in [0.29, 0.717) is 18.2 Å². The van der Waals surface area contributed by atoms with E-state index in [2.05, 4.69) is 24.1 Å². The Kier molecular flexibility index (Phi) is 4.00. The molecule has 3 heteroatoms. The highest BCUT2D eigenvalue weighted by Crippen LogP contribution is 2.26.